The third-order valence-electron chi connectivity index (χ3n) is 4.04. The smallest absolute Gasteiger partial charge is 0.305 e. The van der Waals surface area contributed by atoms with Gasteiger partial charge in [0.05, 0.1) is 12.0 Å². The molecule has 0 amide bonds. The van der Waals surface area contributed by atoms with Gasteiger partial charge in [0.2, 0.25) is 0 Å². The number of methoxy groups -OCH3 is 1. The first-order valence-electron chi connectivity index (χ1n) is 7.08. The lowest BCUT2D eigenvalue weighted by Crippen LogP contribution is -2.34. The van der Waals surface area contributed by atoms with Crippen molar-refractivity contribution in [2.75, 3.05) is 25.1 Å². The van der Waals surface area contributed by atoms with E-state index in [0.717, 1.165) is 31.6 Å². The summed E-state index contributed by atoms with van der Waals surface area (Å²) in [6, 6.07) is 5.22. The van der Waals surface area contributed by atoms with Gasteiger partial charge in [-0.2, -0.15) is 0 Å². The van der Waals surface area contributed by atoms with Crippen molar-refractivity contribution < 1.29 is 14.5 Å². The number of nitrogens with zero attached hydrogens (tertiary/aromatic N) is 2. The fourth-order valence-corrected chi connectivity index (χ4v) is 2.76. The summed E-state index contributed by atoms with van der Waals surface area (Å²) in [6.07, 6.45) is 2.35. The number of aryl methyl sites for hydroxylation is 1. The molecule has 1 aromatic rings. The molecule has 0 unspecified atom stereocenters. The second kappa shape index (κ2) is 6.56. The molecule has 0 radical (unpaired) electrons. The third kappa shape index (κ3) is 3.71. The highest BCUT2D eigenvalue weighted by molar-refractivity contribution is 5.69. The third-order valence-corrected chi connectivity index (χ3v) is 4.04. The minimum absolute atomic E-state index is 0.152. The Balaban J connectivity index is 1.97. The molecule has 1 saturated heterocycles. The second-order valence-electron chi connectivity index (χ2n) is 5.44. The lowest BCUT2D eigenvalue weighted by molar-refractivity contribution is -0.385. The van der Waals surface area contributed by atoms with Crippen molar-refractivity contribution in [3.63, 3.8) is 0 Å². The van der Waals surface area contributed by atoms with Gasteiger partial charge in [-0.15, -0.1) is 0 Å². The Hall–Kier alpha value is -2.11. The summed E-state index contributed by atoms with van der Waals surface area (Å²) in [5.74, 6) is 0.215. The minimum Gasteiger partial charge on any atom is -0.469 e. The maximum absolute atomic E-state index is 11.3. The van der Waals surface area contributed by atoms with E-state index in [4.69, 9.17) is 4.74 Å². The fourth-order valence-electron chi connectivity index (χ4n) is 2.76. The van der Waals surface area contributed by atoms with Crippen LogP contribution in [0.15, 0.2) is 18.2 Å². The van der Waals surface area contributed by atoms with E-state index < -0.39 is 0 Å². The van der Waals surface area contributed by atoms with Gasteiger partial charge >= 0.3 is 5.97 Å². The van der Waals surface area contributed by atoms with Crippen LogP contribution in [0, 0.1) is 23.0 Å². The molecule has 1 fully saturated rings. The van der Waals surface area contributed by atoms with Gasteiger partial charge in [0, 0.05) is 36.8 Å². The zero-order valence-corrected chi connectivity index (χ0v) is 12.4. The summed E-state index contributed by atoms with van der Waals surface area (Å²) in [4.78, 5) is 24.0. The van der Waals surface area contributed by atoms with Gasteiger partial charge in [0.1, 0.15) is 0 Å². The highest BCUT2D eigenvalue weighted by Crippen LogP contribution is 2.28. The van der Waals surface area contributed by atoms with Crippen LogP contribution in [0.3, 0.4) is 0 Å². The van der Waals surface area contributed by atoms with Crippen molar-refractivity contribution in [2.24, 2.45) is 5.92 Å². The summed E-state index contributed by atoms with van der Waals surface area (Å²) in [5.41, 5.74) is 1.84. The molecule has 6 nitrogen and oxygen atoms in total. The summed E-state index contributed by atoms with van der Waals surface area (Å²) in [5, 5.41) is 10.8. The van der Waals surface area contributed by atoms with E-state index in [1.807, 2.05) is 6.07 Å². The summed E-state index contributed by atoms with van der Waals surface area (Å²) in [7, 11) is 1.41. The monoisotopic (exact) mass is 292 g/mol. The van der Waals surface area contributed by atoms with Gasteiger partial charge in [-0.05, 0) is 37.8 Å². The Bertz CT molecular complexity index is 536. The molecule has 1 heterocycles. The number of nitro groups is 1. The van der Waals surface area contributed by atoms with Gasteiger partial charge in [0.25, 0.3) is 5.69 Å². The molecule has 21 heavy (non-hydrogen) atoms. The molecule has 1 aromatic carbocycles. The van der Waals surface area contributed by atoms with Crippen LogP contribution in [0.5, 0.6) is 0 Å². The minimum atomic E-state index is -0.359. The number of esters is 1. The van der Waals surface area contributed by atoms with Crippen molar-refractivity contribution in [1.82, 2.24) is 0 Å². The number of hydrogen-bond donors (Lipinski definition) is 0. The first kappa shape index (κ1) is 15.3. The molecule has 2 rings (SSSR count). The number of benzene rings is 1. The van der Waals surface area contributed by atoms with Gasteiger partial charge < -0.3 is 9.64 Å². The average Bonchev–Trinajstić information content (AvgIpc) is 2.47. The highest BCUT2D eigenvalue weighted by Gasteiger charge is 2.22. The Kier molecular flexibility index (Phi) is 4.77. The van der Waals surface area contributed by atoms with Crippen LogP contribution in [0.2, 0.25) is 0 Å². The molecule has 0 spiro atoms. The Morgan fingerprint density at radius 1 is 1.43 bits per heavy atom. The molecular formula is C15H20N2O4. The second-order valence-corrected chi connectivity index (χ2v) is 5.44. The van der Waals surface area contributed by atoms with E-state index in [9.17, 15) is 14.9 Å². The van der Waals surface area contributed by atoms with Crippen LogP contribution in [0.25, 0.3) is 0 Å². The number of hydrogen-bond acceptors (Lipinski definition) is 5. The van der Waals surface area contributed by atoms with Crippen LogP contribution in [0.4, 0.5) is 11.4 Å². The molecule has 0 aromatic heterocycles. The van der Waals surface area contributed by atoms with Crippen LogP contribution in [-0.2, 0) is 9.53 Å². The van der Waals surface area contributed by atoms with E-state index >= 15 is 0 Å². The largest absolute Gasteiger partial charge is 0.469 e. The van der Waals surface area contributed by atoms with Crippen LogP contribution < -0.4 is 4.90 Å². The first-order valence-corrected chi connectivity index (χ1v) is 7.08. The van der Waals surface area contributed by atoms with E-state index in [1.54, 1.807) is 19.1 Å². The van der Waals surface area contributed by atoms with Crippen molar-refractivity contribution in [2.45, 2.75) is 26.2 Å². The number of rotatable bonds is 4. The lowest BCUT2D eigenvalue weighted by Gasteiger charge is -2.33. The predicted octanol–water partition coefficient (Wildman–Crippen LogP) is 2.68. The van der Waals surface area contributed by atoms with Crippen LogP contribution in [-0.4, -0.2) is 31.1 Å². The lowest BCUT2D eigenvalue weighted by atomic mass is 9.93. The molecule has 0 saturated carbocycles. The van der Waals surface area contributed by atoms with Gasteiger partial charge in [0.15, 0.2) is 0 Å². The topological polar surface area (TPSA) is 72.7 Å². The molecule has 114 valence electrons. The average molecular weight is 292 g/mol. The van der Waals surface area contributed by atoms with Gasteiger partial charge in [-0.25, -0.2) is 0 Å². The number of nitro benzene ring substituents is 1. The Morgan fingerprint density at radius 3 is 2.62 bits per heavy atom. The fraction of sp³-hybridized carbons (Fsp3) is 0.533. The van der Waals surface area contributed by atoms with Crippen LogP contribution >= 0.6 is 0 Å². The maximum Gasteiger partial charge on any atom is 0.305 e. The SMILES string of the molecule is COC(=O)CC1CCN(c2ccc([N+](=O)[O-])c(C)c2)CC1. The molecule has 1 aliphatic heterocycles. The van der Waals surface area contributed by atoms with Crippen molar-refractivity contribution in [1.29, 1.82) is 0 Å². The van der Waals surface area contributed by atoms with E-state index in [0.29, 0.717) is 17.9 Å². The quantitative estimate of drug-likeness (QED) is 0.484. The standard InChI is InChI=1S/C15H20N2O4/c1-11-9-13(3-4-14(11)17(19)20)16-7-5-12(6-8-16)10-15(18)21-2/h3-4,9,12H,5-8,10H2,1-2H3. The highest BCUT2D eigenvalue weighted by atomic mass is 16.6. The van der Waals surface area contributed by atoms with Gasteiger partial charge in [-0.1, -0.05) is 0 Å². The first-order chi connectivity index (χ1) is 10.0. The number of ether oxygens (including phenoxy) is 1. The number of carbonyl (C=O) groups is 1. The zero-order chi connectivity index (χ0) is 15.4. The number of anilines is 1. The predicted molar refractivity (Wildman–Crippen MR) is 79.4 cm³/mol. The number of carbonyl (C=O) groups excluding carboxylic acids is 1. The summed E-state index contributed by atoms with van der Waals surface area (Å²) >= 11 is 0. The molecule has 0 bridgehead atoms. The zero-order valence-electron chi connectivity index (χ0n) is 12.4. The normalized spacial score (nSPS) is 15.8. The number of piperidine rings is 1. The van der Waals surface area contributed by atoms with Crippen molar-refractivity contribution in [3.8, 4) is 0 Å². The Labute approximate surface area is 123 Å². The van der Waals surface area contributed by atoms with Crippen LogP contribution in [0.1, 0.15) is 24.8 Å². The molecule has 0 aliphatic carbocycles. The van der Waals surface area contributed by atoms with Crippen molar-refractivity contribution >= 4 is 17.3 Å². The molecule has 0 N–H and O–H groups in total. The van der Waals surface area contributed by atoms with Crippen molar-refractivity contribution in [3.05, 3.63) is 33.9 Å². The molecule has 1 aliphatic rings. The van der Waals surface area contributed by atoms with E-state index in [-0.39, 0.29) is 16.6 Å². The molecule has 6 heteroatoms. The maximum atomic E-state index is 11.3. The van der Waals surface area contributed by atoms with E-state index in [1.165, 1.54) is 7.11 Å². The van der Waals surface area contributed by atoms with E-state index in [2.05, 4.69) is 4.90 Å². The molecule has 0 atom stereocenters. The molecular weight excluding hydrogens is 272 g/mol. The summed E-state index contributed by atoms with van der Waals surface area (Å²) in [6.45, 7) is 3.48. The van der Waals surface area contributed by atoms with Gasteiger partial charge in [-0.3, -0.25) is 14.9 Å². The summed E-state index contributed by atoms with van der Waals surface area (Å²) < 4.78 is 4.70. The Morgan fingerprint density at radius 2 is 2.10 bits per heavy atom.